The number of hydrogen-bond acceptors (Lipinski definition) is 1. The summed E-state index contributed by atoms with van der Waals surface area (Å²) in [5, 5.41) is 0. The van der Waals surface area contributed by atoms with Gasteiger partial charge in [0.15, 0.2) is 0 Å². The van der Waals surface area contributed by atoms with Crippen LogP contribution in [0.25, 0.3) is 0 Å². The molecule has 2 heteroatoms. The predicted octanol–water partition coefficient (Wildman–Crippen LogP) is 5.76. The fourth-order valence-corrected chi connectivity index (χ4v) is 6.11. The molecule has 4 aliphatic carbocycles. The first kappa shape index (κ1) is 16.0. The molecular formula is C21H29ClO. The zero-order chi connectivity index (χ0) is 16.1. The van der Waals surface area contributed by atoms with Crippen LogP contribution in [0.1, 0.15) is 57.9 Å². The molecule has 5 rings (SSSR count). The maximum Gasteiger partial charge on any atom is 0.140 e. The van der Waals surface area contributed by atoms with E-state index in [1.54, 1.807) is 0 Å². The van der Waals surface area contributed by atoms with Crippen molar-refractivity contribution < 1.29 is 4.74 Å². The largest absolute Gasteiger partial charge is 0.361 e. The van der Waals surface area contributed by atoms with Gasteiger partial charge in [-0.15, -0.1) is 0 Å². The average Bonchev–Trinajstić information content (AvgIpc) is 2.52. The lowest BCUT2D eigenvalue weighted by atomic mass is 9.50. The van der Waals surface area contributed by atoms with Crippen molar-refractivity contribution in [2.24, 2.45) is 23.2 Å². The molecule has 4 aliphatic rings. The minimum absolute atomic E-state index is 0.162. The Labute approximate surface area is 145 Å². The lowest BCUT2D eigenvalue weighted by Gasteiger charge is -2.57. The molecule has 0 aromatic heterocycles. The standard InChI is InChI=1S/C21H29ClO/c1-20(2,18-6-4-3-5-7-18)19(22)23-14-21-11-15-8-16(12-21)10-17(9-15)13-21/h3-7,15-17,19H,8-14H2,1-2H3. The molecule has 1 aromatic rings. The molecule has 0 amide bonds. The highest BCUT2D eigenvalue weighted by Gasteiger charge is 2.51. The summed E-state index contributed by atoms with van der Waals surface area (Å²) in [6, 6.07) is 10.5. The second-order valence-electron chi connectivity index (χ2n) is 9.13. The second-order valence-corrected chi connectivity index (χ2v) is 9.53. The van der Waals surface area contributed by atoms with Crippen LogP contribution >= 0.6 is 11.6 Å². The van der Waals surface area contributed by atoms with Gasteiger partial charge in [-0.05, 0) is 67.3 Å². The normalized spacial score (nSPS) is 37.1. The van der Waals surface area contributed by atoms with Crippen LogP contribution in [-0.2, 0) is 10.2 Å². The highest BCUT2D eigenvalue weighted by atomic mass is 35.5. The molecule has 0 aliphatic heterocycles. The first-order valence-corrected chi connectivity index (χ1v) is 9.72. The van der Waals surface area contributed by atoms with Gasteiger partial charge in [0.2, 0.25) is 0 Å². The molecule has 23 heavy (non-hydrogen) atoms. The van der Waals surface area contributed by atoms with Crippen LogP contribution in [0.4, 0.5) is 0 Å². The molecule has 4 bridgehead atoms. The van der Waals surface area contributed by atoms with Gasteiger partial charge in [0.25, 0.3) is 0 Å². The van der Waals surface area contributed by atoms with Gasteiger partial charge in [0.1, 0.15) is 5.56 Å². The van der Waals surface area contributed by atoms with E-state index in [0.29, 0.717) is 5.41 Å². The Morgan fingerprint density at radius 3 is 2.09 bits per heavy atom. The molecule has 0 heterocycles. The van der Waals surface area contributed by atoms with E-state index in [9.17, 15) is 0 Å². The lowest BCUT2D eigenvalue weighted by Crippen LogP contribution is -2.49. The Hall–Kier alpha value is -0.530. The molecule has 1 unspecified atom stereocenters. The monoisotopic (exact) mass is 332 g/mol. The third-order valence-corrected chi connectivity index (χ3v) is 7.46. The van der Waals surface area contributed by atoms with E-state index >= 15 is 0 Å². The number of hydrogen-bond donors (Lipinski definition) is 0. The van der Waals surface area contributed by atoms with Crippen molar-refractivity contribution in [1.82, 2.24) is 0 Å². The molecule has 1 aromatic carbocycles. The highest BCUT2D eigenvalue weighted by Crippen LogP contribution is 2.60. The maximum atomic E-state index is 6.72. The van der Waals surface area contributed by atoms with Crippen molar-refractivity contribution in [3.05, 3.63) is 35.9 Å². The SMILES string of the molecule is CC(C)(c1ccccc1)C(Cl)OCC12CC3CC(CC(C3)C1)C2. The fourth-order valence-electron chi connectivity index (χ4n) is 5.92. The van der Waals surface area contributed by atoms with Gasteiger partial charge in [0.05, 0.1) is 6.61 Å². The van der Waals surface area contributed by atoms with Gasteiger partial charge in [-0.25, -0.2) is 0 Å². The summed E-state index contributed by atoms with van der Waals surface area (Å²) in [5.41, 5.74) is 1.27. The smallest absolute Gasteiger partial charge is 0.140 e. The number of halogens is 1. The van der Waals surface area contributed by atoms with E-state index in [4.69, 9.17) is 16.3 Å². The minimum atomic E-state index is -0.266. The van der Waals surface area contributed by atoms with Crippen LogP contribution in [-0.4, -0.2) is 12.2 Å². The zero-order valence-corrected chi connectivity index (χ0v) is 15.2. The molecule has 4 saturated carbocycles. The third-order valence-electron chi connectivity index (χ3n) is 6.79. The topological polar surface area (TPSA) is 9.23 Å². The number of ether oxygens (including phenoxy) is 1. The van der Waals surface area contributed by atoms with Crippen molar-refractivity contribution in [2.45, 2.75) is 63.4 Å². The molecule has 1 atom stereocenters. The highest BCUT2D eigenvalue weighted by molar-refractivity contribution is 6.20. The zero-order valence-electron chi connectivity index (χ0n) is 14.4. The minimum Gasteiger partial charge on any atom is -0.361 e. The van der Waals surface area contributed by atoms with Gasteiger partial charge in [-0.2, -0.15) is 0 Å². The summed E-state index contributed by atoms with van der Waals surface area (Å²) in [7, 11) is 0. The molecule has 0 spiro atoms. The van der Waals surface area contributed by atoms with Gasteiger partial charge in [-0.1, -0.05) is 55.8 Å². The van der Waals surface area contributed by atoms with E-state index in [1.807, 2.05) is 0 Å². The van der Waals surface area contributed by atoms with Gasteiger partial charge in [0, 0.05) is 5.41 Å². The quantitative estimate of drug-likeness (QED) is 0.623. The van der Waals surface area contributed by atoms with Crippen LogP contribution in [0.5, 0.6) is 0 Å². The van der Waals surface area contributed by atoms with Crippen LogP contribution in [0.3, 0.4) is 0 Å². The van der Waals surface area contributed by atoms with E-state index in [-0.39, 0.29) is 11.0 Å². The van der Waals surface area contributed by atoms with Crippen molar-refractivity contribution in [1.29, 1.82) is 0 Å². The van der Waals surface area contributed by atoms with Crippen LogP contribution in [0, 0.1) is 23.2 Å². The predicted molar refractivity (Wildman–Crippen MR) is 95.7 cm³/mol. The molecule has 126 valence electrons. The summed E-state index contributed by atoms with van der Waals surface area (Å²) in [6.07, 6.45) is 8.61. The average molecular weight is 333 g/mol. The molecule has 0 radical (unpaired) electrons. The lowest BCUT2D eigenvalue weighted by molar-refractivity contribution is -0.107. The number of alkyl halides is 1. The summed E-state index contributed by atoms with van der Waals surface area (Å²) in [5.74, 6) is 2.92. The summed E-state index contributed by atoms with van der Waals surface area (Å²) < 4.78 is 6.31. The van der Waals surface area contributed by atoms with E-state index < -0.39 is 0 Å². The van der Waals surface area contributed by atoms with E-state index in [2.05, 4.69) is 44.2 Å². The molecular weight excluding hydrogens is 304 g/mol. The molecule has 4 fully saturated rings. The first-order chi connectivity index (χ1) is 11.0. The summed E-state index contributed by atoms with van der Waals surface area (Å²) in [4.78, 5) is 0. The van der Waals surface area contributed by atoms with Gasteiger partial charge < -0.3 is 4.74 Å². The first-order valence-electron chi connectivity index (χ1n) is 9.28. The van der Waals surface area contributed by atoms with Crippen LogP contribution in [0.2, 0.25) is 0 Å². The Balaban J connectivity index is 1.43. The maximum absolute atomic E-state index is 6.72. The summed E-state index contributed by atoms with van der Waals surface area (Å²) >= 11 is 6.72. The Bertz CT molecular complexity index is 515. The van der Waals surface area contributed by atoms with Crippen LogP contribution < -0.4 is 0 Å². The van der Waals surface area contributed by atoms with Gasteiger partial charge >= 0.3 is 0 Å². The third kappa shape index (κ3) is 2.96. The van der Waals surface area contributed by atoms with Crippen molar-refractivity contribution in [3.63, 3.8) is 0 Å². The summed E-state index contributed by atoms with van der Waals surface area (Å²) in [6.45, 7) is 5.25. The second kappa shape index (κ2) is 5.77. The van der Waals surface area contributed by atoms with Crippen molar-refractivity contribution in [3.8, 4) is 0 Å². The van der Waals surface area contributed by atoms with Gasteiger partial charge in [-0.3, -0.25) is 0 Å². The Kier molecular flexibility index (Phi) is 4.01. The molecule has 0 N–H and O–H groups in total. The van der Waals surface area contributed by atoms with Crippen molar-refractivity contribution in [2.75, 3.05) is 6.61 Å². The van der Waals surface area contributed by atoms with E-state index in [1.165, 1.54) is 44.1 Å². The van der Waals surface area contributed by atoms with Crippen LogP contribution in [0.15, 0.2) is 30.3 Å². The molecule has 0 saturated heterocycles. The number of rotatable bonds is 5. The fraction of sp³-hybridized carbons (Fsp3) is 0.714. The molecule has 1 nitrogen and oxygen atoms in total. The number of benzene rings is 1. The van der Waals surface area contributed by atoms with E-state index in [0.717, 1.165) is 24.4 Å². The van der Waals surface area contributed by atoms with Crippen molar-refractivity contribution >= 4 is 11.6 Å². The Morgan fingerprint density at radius 1 is 1.04 bits per heavy atom. The Morgan fingerprint density at radius 2 is 1.57 bits per heavy atom.